The third-order valence-electron chi connectivity index (χ3n) is 10.2. The summed E-state index contributed by atoms with van der Waals surface area (Å²) in [6.07, 6.45) is 0. The maximum atomic E-state index is 5.04. The average Bonchev–Trinajstić information content (AvgIpc) is 3.57. The van der Waals surface area contributed by atoms with E-state index in [0.29, 0.717) is 5.82 Å². The molecule has 0 saturated carbocycles. The second-order valence-corrected chi connectivity index (χ2v) is 13.4. The quantitative estimate of drug-likeness (QED) is 0.176. The van der Waals surface area contributed by atoms with Crippen molar-refractivity contribution in [3.63, 3.8) is 0 Å². The molecule has 0 bridgehead atoms. The topological polar surface area (TPSA) is 30.7 Å². The highest BCUT2D eigenvalue weighted by Gasteiger charge is 2.17. The second kappa shape index (κ2) is 12.9. The predicted octanol–water partition coefficient (Wildman–Crippen LogP) is 13.1. The first-order chi connectivity index (χ1) is 26.3. The Morgan fingerprint density at radius 3 is 1.62 bits per heavy atom. The molecule has 0 N–H and O–H groups in total. The summed E-state index contributed by atoms with van der Waals surface area (Å²) in [5.74, 6) is 0.708. The molecular weight excluding hydrogens is 643 g/mol. The average molecular weight is 676 g/mol. The van der Waals surface area contributed by atoms with Crippen molar-refractivity contribution in [2.24, 2.45) is 0 Å². The minimum atomic E-state index is 0.708. The van der Waals surface area contributed by atoms with Crippen LogP contribution in [0.5, 0.6) is 0 Å². The van der Waals surface area contributed by atoms with E-state index < -0.39 is 0 Å². The summed E-state index contributed by atoms with van der Waals surface area (Å²) in [4.78, 5) is 10.1. The van der Waals surface area contributed by atoms with Gasteiger partial charge in [0.05, 0.1) is 28.1 Å². The van der Waals surface area contributed by atoms with Crippen LogP contribution in [0, 0.1) is 0 Å². The maximum Gasteiger partial charge on any atom is 0.160 e. The molecule has 0 radical (unpaired) electrons. The molecule has 2 aromatic heterocycles. The van der Waals surface area contributed by atoms with E-state index in [1.807, 2.05) is 36.4 Å². The zero-order chi connectivity index (χ0) is 35.1. The summed E-state index contributed by atoms with van der Waals surface area (Å²) < 4.78 is 2.43. The first-order valence-electron chi connectivity index (χ1n) is 18.0. The molecule has 53 heavy (non-hydrogen) atoms. The molecule has 10 aromatic rings. The number of fused-ring (bicyclic) bond motifs is 4. The normalized spacial score (nSPS) is 11.4. The lowest BCUT2D eigenvalue weighted by molar-refractivity contribution is 1.18. The number of hydrogen-bond acceptors (Lipinski definition) is 2. The van der Waals surface area contributed by atoms with E-state index in [9.17, 15) is 0 Å². The molecule has 0 atom stereocenters. The lowest BCUT2D eigenvalue weighted by atomic mass is 9.97. The van der Waals surface area contributed by atoms with Crippen LogP contribution < -0.4 is 0 Å². The number of para-hydroxylation sites is 2. The lowest BCUT2D eigenvalue weighted by Gasteiger charge is -2.15. The largest absolute Gasteiger partial charge is 0.309 e. The van der Waals surface area contributed by atoms with Gasteiger partial charge in [-0.05, 0) is 57.8 Å². The highest BCUT2D eigenvalue weighted by atomic mass is 15.0. The van der Waals surface area contributed by atoms with Gasteiger partial charge in [0.2, 0.25) is 0 Å². The fraction of sp³-hybridized carbons (Fsp3) is 0. The molecule has 0 amide bonds. The Balaban J connectivity index is 1.07. The van der Waals surface area contributed by atoms with Crippen molar-refractivity contribution < 1.29 is 0 Å². The highest BCUT2D eigenvalue weighted by molar-refractivity contribution is 6.11. The van der Waals surface area contributed by atoms with Crippen LogP contribution in [-0.2, 0) is 0 Å². The van der Waals surface area contributed by atoms with E-state index in [1.54, 1.807) is 0 Å². The molecule has 0 spiro atoms. The Morgan fingerprint density at radius 2 is 0.868 bits per heavy atom. The molecule has 0 unspecified atom stereocenters. The SMILES string of the molecule is c1ccc(-c2cc(-c3ccccc3)nc(-c3ccc(-c4ccc5c(c4)c4ccccc4n5-c4ccccc4-c4cccc5ccccc45)cc3)n2)cc1. The van der Waals surface area contributed by atoms with E-state index in [0.717, 1.165) is 33.6 Å². The molecule has 2 heterocycles. The summed E-state index contributed by atoms with van der Waals surface area (Å²) >= 11 is 0. The summed E-state index contributed by atoms with van der Waals surface area (Å²) in [7, 11) is 0. The minimum absolute atomic E-state index is 0.708. The van der Waals surface area contributed by atoms with Gasteiger partial charge in [0, 0.05) is 33.0 Å². The van der Waals surface area contributed by atoms with Gasteiger partial charge < -0.3 is 4.57 Å². The summed E-state index contributed by atoms with van der Waals surface area (Å²) in [5, 5.41) is 4.95. The Kier molecular flexibility index (Phi) is 7.47. The number of aromatic nitrogens is 3. The Morgan fingerprint density at radius 1 is 0.321 bits per heavy atom. The Labute approximate surface area is 308 Å². The van der Waals surface area contributed by atoms with Crippen molar-refractivity contribution in [1.82, 2.24) is 14.5 Å². The van der Waals surface area contributed by atoms with Crippen LogP contribution in [0.4, 0.5) is 0 Å². The van der Waals surface area contributed by atoms with Crippen LogP contribution in [0.2, 0.25) is 0 Å². The monoisotopic (exact) mass is 675 g/mol. The third-order valence-corrected chi connectivity index (χ3v) is 10.2. The number of hydrogen-bond donors (Lipinski definition) is 0. The fourth-order valence-corrected chi connectivity index (χ4v) is 7.67. The fourth-order valence-electron chi connectivity index (χ4n) is 7.67. The van der Waals surface area contributed by atoms with E-state index >= 15 is 0 Å². The van der Waals surface area contributed by atoms with Gasteiger partial charge in [0.15, 0.2) is 5.82 Å². The van der Waals surface area contributed by atoms with Crippen LogP contribution in [-0.4, -0.2) is 14.5 Å². The maximum absolute atomic E-state index is 5.04. The Hall–Kier alpha value is -7.10. The molecule has 3 nitrogen and oxygen atoms in total. The zero-order valence-corrected chi connectivity index (χ0v) is 28.9. The molecule has 0 aliphatic carbocycles. The van der Waals surface area contributed by atoms with Gasteiger partial charge in [-0.3, -0.25) is 0 Å². The van der Waals surface area contributed by atoms with Gasteiger partial charge in [-0.15, -0.1) is 0 Å². The molecule has 3 heteroatoms. The van der Waals surface area contributed by atoms with Crippen molar-refractivity contribution in [2.45, 2.75) is 0 Å². The zero-order valence-electron chi connectivity index (χ0n) is 28.9. The van der Waals surface area contributed by atoms with Gasteiger partial charge in [-0.25, -0.2) is 9.97 Å². The number of nitrogens with zero attached hydrogens (tertiary/aromatic N) is 3. The van der Waals surface area contributed by atoms with E-state index in [4.69, 9.17) is 9.97 Å². The van der Waals surface area contributed by atoms with Crippen molar-refractivity contribution >= 4 is 32.6 Å². The second-order valence-electron chi connectivity index (χ2n) is 13.4. The highest BCUT2D eigenvalue weighted by Crippen LogP contribution is 2.40. The van der Waals surface area contributed by atoms with Crippen LogP contribution in [0.1, 0.15) is 0 Å². The molecule has 8 aromatic carbocycles. The van der Waals surface area contributed by atoms with Crippen LogP contribution in [0.3, 0.4) is 0 Å². The van der Waals surface area contributed by atoms with Crippen LogP contribution in [0.15, 0.2) is 200 Å². The summed E-state index contributed by atoms with van der Waals surface area (Å²) in [6, 6.07) is 71.0. The minimum Gasteiger partial charge on any atom is -0.309 e. The standard InChI is InChI=1S/C50H33N3/c1-3-15-36(16-4-1)45-33-46(37-17-5-2-6-18-37)52-50(51-45)38-28-26-34(27-29-38)39-30-31-49-44(32-39)43-22-10-12-25-48(43)53(49)47-24-11-9-21-42(47)41-23-13-19-35-14-7-8-20-40(35)41/h1-33H. The first kappa shape index (κ1) is 30.7. The first-order valence-corrected chi connectivity index (χ1v) is 18.0. The molecule has 0 aliphatic rings. The molecule has 0 saturated heterocycles. The van der Waals surface area contributed by atoms with Crippen LogP contribution >= 0.6 is 0 Å². The van der Waals surface area contributed by atoms with Gasteiger partial charge in [-0.1, -0.05) is 170 Å². The number of benzene rings is 8. The van der Waals surface area contributed by atoms with E-state index in [-0.39, 0.29) is 0 Å². The van der Waals surface area contributed by atoms with Gasteiger partial charge in [-0.2, -0.15) is 0 Å². The summed E-state index contributed by atoms with van der Waals surface area (Å²) in [6.45, 7) is 0. The molecule has 10 rings (SSSR count). The lowest BCUT2D eigenvalue weighted by Crippen LogP contribution is -1.97. The Bertz CT molecular complexity index is 2860. The predicted molar refractivity (Wildman–Crippen MR) is 221 cm³/mol. The van der Waals surface area contributed by atoms with Crippen molar-refractivity contribution in [3.05, 3.63) is 200 Å². The van der Waals surface area contributed by atoms with Crippen LogP contribution in [0.25, 0.3) is 94.4 Å². The summed E-state index contributed by atoms with van der Waals surface area (Å²) in [5.41, 5.74) is 13.2. The van der Waals surface area contributed by atoms with Gasteiger partial charge >= 0.3 is 0 Å². The molecule has 248 valence electrons. The molecular formula is C50H33N3. The smallest absolute Gasteiger partial charge is 0.160 e. The molecule has 0 aliphatic heterocycles. The van der Waals surface area contributed by atoms with E-state index in [2.05, 4.69) is 168 Å². The van der Waals surface area contributed by atoms with Crippen molar-refractivity contribution in [1.29, 1.82) is 0 Å². The number of rotatable bonds is 6. The molecule has 0 fully saturated rings. The van der Waals surface area contributed by atoms with E-state index in [1.165, 1.54) is 55.0 Å². The van der Waals surface area contributed by atoms with Gasteiger partial charge in [0.25, 0.3) is 0 Å². The third kappa shape index (κ3) is 5.47. The van der Waals surface area contributed by atoms with Crippen molar-refractivity contribution in [2.75, 3.05) is 0 Å². The van der Waals surface area contributed by atoms with Gasteiger partial charge in [0.1, 0.15) is 0 Å². The van der Waals surface area contributed by atoms with Crippen molar-refractivity contribution in [3.8, 4) is 61.8 Å².